The number of likely N-dealkylation sites (tertiary alicyclic amines) is 1. The van der Waals surface area contributed by atoms with Gasteiger partial charge in [0, 0.05) is 31.8 Å². The molecule has 0 bridgehead atoms. The summed E-state index contributed by atoms with van der Waals surface area (Å²) in [5.41, 5.74) is 3.25. The van der Waals surface area contributed by atoms with Gasteiger partial charge in [-0.25, -0.2) is 13.4 Å². The smallest absolute Gasteiger partial charge is 0.222 e. The fourth-order valence-electron chi connectivity index (χ4n) is 4.20. The van der Waals surface area contributed by atoms with Crippen molar-refractivity contribution in [2.24, 2.45) is 0 Å². The van der Waals surface area contributed by atoms with Gasteiger partial charge in [0.15, 0.2) is 15.7 Å². The highest BCUT2D eigenvalue weighted by atomic mass is 32.2. The summed E-state index contributed by atoms with van der Waals surface area (Å²) in [7, 11) is -3.28. The molecule has 3 heterocycles. The number of pyridine rings is 1. The van der Waals surface area contributed by atoms with Gasteiger partial charge in [0.25, 0.3) is 0 Å². The maximum absolute atomic E-state index is 12.1. The third kappa shape index (κ3) is 4.90. The molecule has 35 heavy (non-hydrogen) atoms. The van der Waals surface area contributed by atoms with E-state index in [4.69, 9.17) is 9.72 Å². The second kappa shape index (κ2) is 9.50. The molecule has 1 fully saturated rings. The third-order valence-corrected chi connectivity index (χ3v) is 7.94. The molecular formula is C26H26N4O4S. The number of rotatable bonds is 8. The molecular weight excluding hydrogens is 464 g/mol. The van der Waals surface area contributed by atoms with Crippen LogP contribution in [0.1, 0.15) is 25.3 Å². The van der Waals surface area contributed by atoms with E-state index in [1.165, 1.54) is 0 Å². The Morgan fingerprint density at radius 2 is 1.94 bits per heavy atom. The Kier molecular flexibility index (Phi) is 6.25. The largest absolute Gasteiger partial charge is 0.457 e. The van der Waals surface area contributed by atoms with Crippen LogP contribution in [-0.4, -0.2) is 53.0 Å². The van der Waals surface area contributed by atoms with Crippen molar-refractivity contribution in [3.05, 3.63) is 66.4 Å². The van der Waals surface area contributed by atoms with Crippen LogP contribution >= 0.6 is 0 Å². The minimum Gasteiger partial charge on any atom is -0.457 e. The zero-order valence-corrected chi connectivity index (χ0v) is 20.2. The zero-order chi connectivity index (χ0) is 24.4. The summed E-state index contributed by atoms with van der Waals surface area (Å²) in [6.07, 6.45) is 3.83. The van der Waals surface area contributed by atoms with Gasteiger partial charge in [0.1, 0.15) is 17.2 Å². The number of aromatic amines is 1. The first-order valence-corrected chi connectivity index (χ1v) is 13.3. The number of hydrogen-bond donors (Lipinski definition) is 1. The van der Waals surface area contributed by atoms with Crippen molar-refractivity contribution in [3.8, 4) is 23.0 Å². The van der Waals surface area contributed by atoms with Crippen LogP contribution in [0.15, 0.2) is 65.7 Å². The van der Waals surface area contributed by atoms with Crippen molar-refractivity contribution < 1.29 is 17.9 Å². The van der Waals surface area contributed by atoms with Crippen molar-refractivity contribution in [3.63, 3.8) is 0 Å². The molecule has 1 amide bonds. The van der Waals surface area contributed by atoms with Gasteiger partial charge < -0.3 is 14.6 Å². The summed E-state index contributed by atoms with van der Waals surface area (Å²) < 4.78 is 30.5. The topological polar surface area (TPSA) is 105 Å². The van der Waals surface area contributed by atoms with Gasteiger partial charge in [0.2, 0.25) is 5.91 Å². The van der Waals surface area contributed by atoms with E-state index in [-0.39, 0.29) is 16.6 Å². The lowest BCUT2D eigenvalue weighted by molar-refractivity contribution is -0.127. The molecule has 1 aliphatic rings. The lowest BCUT2D eigenvalue weighted by Crippen LogP contribution is -2.26. The highest BCUT2D eigenvalue weighted by molar-refractivity contribution is 7.91. The number of sulfone groups is 1. The maximum atomic E-state index is 12.1. The van der Waals surface area contributed by atoms with Crippen molar-refractivity contribution >= 4 is 26.8 Å². The van der Waals surface area contributed by atoms with Crippen molar-refractivity contribution in [2.45, 2.75) is 31.1 Å². The van der Waals surface area contributed by atoms with Crippen LogP contribution in [0.25, 0.3) is 22.6 Å². The Morgan fingerprint density at radius 1 is 1.11 bits per heavy atom. The lowest BCUT2D eigenvalue weighted by Gasteiger charge is -2.17. The molecule has 0 unspecified atom stereocenters. The molecule has 0 spiro atoms. The summed E-state index contributed by atoms with van der Waals surface area (Å²) in [5, 5.41) is 0. The van der Waals surface area contributed by atoms with Gasteiger partial charge in [0.05, 0.1) is 21.7 Å². The van der Waals surface area contributed by atoms with E-state index < -0.39 is 9.84 Å². The predicted molar refractivity (Wildman–Crippen MR) is 133 cm³/mol. The van der Waals surface area contributed by atoms with Gasteiger partial charge in [-0.3, -0.25) is 9.78 Å². The number of H-pyrrole nitrogens is 1. The summed E-state index contributed by atoms with van der Waals surface area (Å²) in [4.78, 5) is 26.6. The van der Waals surface area contributed by atoms with Gasteiger partial charge in [-0.1, -0.05) is 13.0 Å². The molecule has 2 aromatic heterocycles. The summed E-state index contributed by atoms with van der Waals surface area (Å²) in [6, 6.07) is 16.0. The van der Waals surface area contributed by atoms with Crippen LogP contribution < -0.4 is 4.74 Å². The Balaban J connectivity index is 1.48. The van der Waals surface area contributed by atoms with E-state index in [2.05, 4.69) is 9.97 Å². The number of aromatic nitrogens is 3. The van der Waals surface area contributed by atoms with Crippen LogP contribution in [0, 0.1) is 0 Å². The Bertz CT molecular complexity index is 1460. The van der Waals surface area contributed by atoms with E-state index in [9.17, 15) is 13.2 Å². The predicted octanol–water partition coefficient (Wildman–Crippen LogP) is 4.38. The second-order valence-corrected chi connectivity index (χ2v) is 10.8. The summed E-state index contributed by atoms with van der Waals surface area (Å²) >= 11 is 0. The van der Waals surface area contributed by atoms with Crippen molar-refractivity contribution in [1.82, 2.24) is 19.9 Å². The maximum Gasteiger partial charge on any atom is 0.222 e. The molecule has 2 aromatic carbocycles. The second-order valence-electron chi connectivity index (χ2n) is 8.49. The first-order chi connectivity index (χ1) is 16.9. The number of fused-ring (bicyclic) bond motifs is 1. The van der Waals surface area contributed by atoms with E-state index in [0.717, 1.165) is 35.3 Å². The molecule has 180 valence electrons. The van der Waals surface area contributed by atoms with Crippen molar-refractivity contribution in [2.75, 3.05) is 18.8 Å². The normalized spacial score (nSPS) is 14.1. The molecule has 0 saturated carbocycles. The fraction of sp³-hybridized carbons (Fsp3) is 0.269. The van der Waals surface area contributed by atoms with Gasteiger partial charge in [-0.15, -0.1) is 0 Å². The third-order valence-electron chi connectivity index (χ3n) is 6.18. The average molecular weight is 491 g/mol. The van der Waals surface area contributed by atoms with E-state index in [0.29, 0.717) is 36.7 Å². The van der Waals surface area contributed by atoms with E-state index in [1.54, 1.807) is 37.4 Å². The van der Waals surface area contributed by atoms with Gasteiger partial charge >= 0.3 is 0 Å². The molecule has 1 N–H and O–H groups in total. The molecule has 8 nitrogen and oxygen atoms in total. The molecule has 9 heteroatoms. The Labute approximate surface area is 203 Å². The summed E-state index contributed by atoms with van der Waals surface area (Å²) in [5.74, 6) is 2.03. The SMILES string of the molecule is CCS(=O)(=O)c1ccc(Oc2cc3nc(-c4ccccn4)[nH]c3cc2CCN2CCCC2=O)cc1. The number of benzene rings is 2. The average Bonchev–Trinajstić information content (AvgIpc) is 3.48. The van der Waals surface area contributed by atoms with Gasteiger partial charge in [-0.2, -0.15) is 0 Å². The number of ether oxygens (including phenoxy) is 1. The molecule has 0 aliphatic carbocycles. The van der Waals surface area contributed by atoms with E-state index >= 15 is 0 Å². The number of nitrogens with one attached hydrogen (secondary N) is 1. The zero-order valence-electron chi connectivity index (χ0n) is 19.4. The van der Waals surface area contributed by atoms with Crippen LogP contribution in [0.2, 0.25) is 0 Å². The van der Waals surface area contributed by atoms with Crippen LogP contribution in [-0.2, 0) is 21.1 Å². The highest BCUT2D eigenvalue weighted by Gasteiger charge is 2.21. The number of carbonyl (C=O) groups excluding carboxylic acids is 1. The number of hydrogen-bond acceptors (Lipinski definition) is 6. The van der Waals surface area contributed by atoms with Crippen LogP contribution in [0.5, 0.6) is 11.5 Å². The monoisotopic (exact) mass is 490 g/mol. The molecule has 4 aromatic rings. The van der Waals surface area contributed by atoms with Crippen LogP contribution in [0.3, 0.4) is 0 Å². The number of imidazole rings is 1. The standard InChI is InChI=1S/C26H26N4O4S/c1-2-35(32,33)20-10-8-19(9-11-20)34-24-17-23-22(28-26(29-23)21-6-3-4-13-27-21)16-18(24)12-15-30-14-5-7-25(30)31/h3-4,6,8-11,13,16-17H,2,5,7,12,14-15H2,1H3,(H,28,29). The number of carbonyl (C=O) groups is 1. The molecule has 1 saturated heterocycles. The van der Waals surface area contributed by atoms with E-state index in [1.807, 2.05) is 35.2 Å². The van der Waals surface area contributed by atoms with Crippen molar-refractivity contribution in [1.29, 1.82) is 0 Å². The highest BCUT2D eigenvalue weighted by Crippen LogP contribution is 2.32. The molecule has 0 atom stereocenters. The number of amides is 1. The Hall–Kier alpha value is -3.72. The summed E-state index contributed by atoms with van der Waals surface area (Å²) in [6.45, 7) is 3.00. The number of nitrogens with zero attached hydrogens (tertiary/aromatic N) is 3. The molecule has 5 rings (SSSR count). The fourth-order valence-corrected chi connectivity index (χ4v) is 5.09. The molecule has 0 radical (unpaired) electrons. The quantitative estimate of drug-likeness (QED) is 0.393. The first-order valence-electron chi connectivity index (χ1n) is 11.7. The minimum absolute atomic E-state index is 0.0427. The Morgan fingerprint density at radius 3 is 2.63 bits per heavy atom. The van der Waals surface area contributed by atoms with Crippen LogP contribution in [0.4, 0.5) is 0 Å². The lowest BCUT2D eigenvalue weighted by atomic mass is 10.1. The first kappa shape index (κ1) is 23.0. The van der Waals surface area contributed by atoms with Gasteiger partial charge in [-0.05, 0) is 60.9 Å². The molecule has 1 aliphatic heterocycles. The minimum atomic E-state index is -3.28.